The van der Waals surface area contributed by atoms with E-state index in [4.69, 9.17) is 10.00 Å². The van der Waals surface area contributed by atoms with Gasteiger partial charge in [-0.25, -0.2) is 13.4 Å². The summed E-state index contributed by atoms with van der Waals surface area (Å²) in [5.74, 6) is 1.58. The molecule has 0 bridgehead atoms. The number of hydrogen-bond donors (Lipinski definition) is 1. The molecule has 8 nitrogen and oxygen atoms in total. The molecule has 1 aliphatic heterocycles. The highest BCUT2D eigenvalue weighted by Gasteiger charge is 2.45. The largest absolute Gasteiger partial charge is 0.497 e. The molecule has 3 aromatic rings. The minimum absolute atomic E-state index is 0. The third-order valence-electron chi connectivity index (χ3n) is 8.01. The number of hydrogen-bond acceptors (Lipinski definition) is 8. The molecule has 1 aromatic heterocycles. The van der Waals surface area contributed by atoms with E-state index in [0.717, 1.165) is 71.0 Å². The molecule has 41 heavy (non-hydrogen) atoms. The number of sulfone groups is 1. The summed E-state index contributed by atoms with van der Waals surface area (Å²) >= 11 is 1.65. The van der Waals surface area contributed by atoms with Gasteiger partial charge in [0, 0.05) is 37.9 Å². The van der Waals surface area contributed by atoms with Crippen LogP contribution in [-0.4, -0.2) is 56.6 Å². The molecular weight excluding hydrogens is 556 g/mol. The molecule has 1 N–H and O–H groups in total. The van der Waals surface area contributed by atoms with E-state index in [1.165, 1.54) is 6.42 Å². The minimum atomic E-state index is -2.86. The molecule has 1 saturated heterocycles. The van der Waals surface area contributed by atoms with Crippen LogP contribution >= 0.6 is 11.3 Å². The third-order valence-corrected chi connectivity index (χ3v) is 10.7. The molecule has 6 rings (SSSR count). The number of thiazole rings is 1. The van der Waals surface area contributed by atoms with Gasteiger partial charge in [-0.3, -0.25) is 4.79 Å². The minimum Gasteiger partial charge on any atom is -0.497 e. The highest BCUT2D eigenvalue weighted by molar-refractivity contribution is 7.91. The first-order valence-electron chi connectivity index (χ1n) is 14.2. The summed E-state index contributed by atoms with van der Waals surface area (Å²) in [5.41, 5.74) is 2.77. The standard InChI is InChI=1S/C20H20N2O3S2.C11H16N2O.H2/c1-25-18-8-4-16(5-9-18)20-21-14-19(26-20)15-2-6-17(7-3-15)22-10-12-27(23,24)13-11-22;12-8-11(6-7-11)13-10(14)9-4-2-1-3-5-9;/h2-9,14H,10-13H2,1H3;9H,1-7H2,(H,13,14);1H. The van der Waals surface area contributed by atoms with Crippen molar-refractivity contribution in [3.63, 3.8) is 0 Å². The van der Waals surface area contributed by atoms with Gasteiger partial charge in [-0.1, -0.05) is 31.4 Å². The van der Waals surface area contributed by atoms with Crippen LogP contribution in [0.2, 0.25) is 0 Å². The Morgan fingerprint density at radius 3 is 2.27 bits per heavy atom. The van der Waals surface area contributed by atoms with E-state index >= 15 is 0 Å². The summed E-state index contributed by atoms with van der Waals surface area (Å²) in [4.78, 5) is 19.5. The van der Waals surface area contributed by atoms with Gasteiger partial charge in [0.25, 0.3) is 0 Å². The third kappa shape index (κ3) is 7.46. The van der Waals surface area contributed by atoms with Gasteiger partial charge in [0.05, 0.1) is 29.6 Å². The Balaban J connectivity index is 0.000000228. The van der Waals surface area contributed by atoms with Crippen LogP contribution in [-0.2, 0) is 14.6 Å². The maximum absolute atomic E-state index is 11.8. The maximum atomic E-state index is 11.8. The van der Waals surface area contributed by atoms with E-state index in [9.17, 15) is 13.2 Å². The second-order valence-electron chi connectivity index (χ2n) is 11.0. The van der Waals surface area contributed by atoms with Crippen LogP contribution in [0.5, 0.6) is 5.75 Å². The number of aromatic nitrogens is 1. The first-order chi connectivity index (χ1) is 19.8. The lowest BCUT2D eigenvalue weighted by atomic mass is 9.88. The van der Waals surface area contributed by atoms with Crippen LogP contribution < -0.4 is 15.0 Å². The molecule has 2 aliphatic carbocycles. The SMILES string of the molecule is COc1ccc(-c2ncc(-c3ccc(N4CCS(=O)(=O)CC4)cc3)s2)cc1.N#CC1(NC(=O)C2CCCCC2)CC1.[HH]. The van der Waals surface area contributed by atoms with E-state index in [-0.39, 0.29) is 24.8 Å². The maximum Gasteiger partial charge on any atom is 0.224 e. The average Bonchev–Trinajstić information content (AvgIpc) is 3.61. The number of anilines is 1. The van der Waals surface area contributed by atoms with Crippen LogP contribution in [0.1, 0.15) is 46.4 Å². The molecule has 3 aliphatic rings. The quantitative estimate of drug-likeness (QED) is 0.389. The number of nitrogens with one attached hydrogen (secondary N) is 1. The molecule has 218 valence electrons. The van der Waals surface area contributed by atoms with E-state index in [2.05, 4.69) is 45.5 Å². The van der Waals surface area contributed by atoms with E-state index in [1.807, 2.05) is 30.5 Å². The second kappa shape index (κ2) is 12.6. The first-order valence-corrected chi connectivity index (χ1v) is 16.8. The number of carbonyl (C=O) groups excluding carboxylic acids is 1. The van der Waals surface area contributed by atoms with Gasteiger partial charge in [0.2, 0.25) is 5.91 Å². The second-order valence-corrected chi connectivity index (χ2v) is 14.3. The molecule has 0 radical (unpaired) electrons. The van der Waals surface area contributed by atoms with Crippen molar-refractivity contribution in [1.29, 1.82) is 5.26 Å². The number of amides is 1. The lowest BCUT2D eigenvalue weighted by Gasteiger charge is -2.28. The smallest absolute Gasteiger partial charge is 0.224 e. The number of rotatable bonds is 6. The van der Waals surface area contributed by atoms with Crippen molar-refractivity contribution in [2.45, 2.75) is 50.5 Å². The topological polar surface area (TPSA) is 112 Å². The highest BCUT2D eigenvalue weighted by Crippen LogP contribution is 2.36. The Bertz CT molecular complexity index is 1480. The summed E-state index contributed by atoms with van der Waals surface area (Å²) in [6.07, 6.45) is 9.17. The zero-order valence-electron chi connectivity index (χ0n) is 23.3. The summed E-state index contributed by atoms with van der Waals surface area (Å²) < 4.78 is 28.4. The number of carbonyl (C=O) groups is 1. The lowest BCUT2D eigenvalue weighted by molar-refractivity contribution is -0.126. The van der Waals surface area contributed by atoms with Gasteiger partial charge < -0.3 is 15.0 Å². The Kier molecular flexibility index (Phi) is 8.95. The molecular formula is C31H38N4O4S2. The summed E-state index contributed by atoms with van der Waals surface area (Å²) in [5, 5.41) is 12.7. The predicted octanol–water partition coefficient (Wildman–Crippen LogP) is 5.71. The molecule has 10 heteroatoms. The monoisotopic (exact) mass is 594 g/mol. The molecule has 0 spiro atoms. The zero-order chi connectivity index (χ0) is 28.9. The normalized spacial score (nSPS) is 19.3. The predicted molar refractivity (Wildman–Crippen MR) is 165 cm³/mol. The van der Waals surface area contributed by atoms with E-state index in [0.29, 0.717) is 13.1 Å². The van der Waals surface area contributed by atoms with Crippen molar-refractivity contribution in [3.8, 4) is 32.8 Å². The Morgan fingerprint density at radius 2 is 1.68 bits per heavy atom. The molecule has 2 heterocycles. The Hall–Kier alpha value is -3.42. The zero-order valence-corrected chi connectivity index (χ0v) is 25.0. The van der Waals surface area contributed by atoms with Gasteiger partial charge in [0.1, 0.15) is 16.3 Å². The number of methoxy groups -OCH3 is 1. The molecule has 2 aromatic carbocycles. The summed E-state index contributed by atoms with van der Waals surface area (Å²) in [6.45, 7) is 1.12. The van der Waals surface area contributed by atoms with Crippen LogP contribution in [0.25, 0.3) is 21.0 Å². The van der Waals surface area contributed by atoms with Crippen LogP contribution in [0, 0.1) is 17.2 Å². The van der Waals surface area contributed by atoms with Crippen LogP contribution in [0.3, 0.4) is 0 Å². The molecule has 3 fully saturated rings. The Morgan fingerprint density at radius 1 is 1.05 bits per heavy atom. The number of nitrogens with zero attached hydrogens (tertiary/aromatic N) is 3. The molecule has 0 atom stereocenters. The number of benzene rings is 2. The van der Waals surface area contributed by atoms with Gasteiger partial charge in [-0.05, 0) is 67.6 Å². The van der Waals surface area contributed by atoms with Gasteiger partial charge in [0.15, 0.2) is 9.84 Å². The first kappa shape index (κ1) is 29.1. The molecule has 1 amide bonds. The lowest BCUT2D eigenvalue weighted by Crippen LogP contribution is -2.40. The summed E-state index contributed by atoms with van der Waals surface area (Å²) in [6, 6.07) is 18.3. The summed E-state index contributed by atoms with van der Waals surface area (Å²) in [7, 11) is -1.20. The van der Waals surface area contributed by atoms with E-state index in [1.54, 1.807) is 18.4 Å². The van der Waals surface area contributed by atoms with E-state index < -0.39 is 15.4 Å². The van der Waals surface area contributed by atoms with Crippen molar-refractivity contribution >= 4 is 32.8 Å². The number of nitriles is 1. The average molecular weight is 595 g/mol. The van der Waals surface area contributed by atoms with Crippen molar-refractivity contribution in [2.24, 2.45) is 5.92 Å². The molecule has 0 unspecified atom stereocenters. The Labute approximate surface area is 247 Å². The van der Waals surface area contributed by atoms with Crippen LogP contribution in [0.15, 0.2) is 54.7 Å². The fraction of sp³-hybridized carbons (Fsp3) is 0.452. The van der Waals surface area contributed by atoms with Gasteiger partial charge >= 0.3 is 0 Å². The van der Waals surface area contributed by atoms with Crippen molar-refractivity contribution in [3.05, 3.63) is 54.7 Å². The number of ether oxygens (including phenoxy) is 1. The van der Waals surface area contributed by atoms with Crippen molar-refractivity contribution in [2.75, 3.05) is 36.6 Å². The van der Waals surface area contributed by atoms with Crippen molar-refractivity contribution in [1.82, 2.24) is 10.3 Å². The highest BCUT2D eigenvalue weighted by atomic mass is 32.2. The van der Waals surface area contributed by atoms with Crippen LogP contribution in [0.4, 0.5) is 5.69 Å². The fourth-order valence-corrected chi connectivity index (χ4v) is 7.30. The molecule has 2 saturated carbocycles. The van der Waals surface area contributed by atoms with Gasteiger partial charge in [-0.2, -0.15) is 5.26 Å². The van der Waals surface area contributed by atoms with Gasteiger partial charge in [-0.15, -0.1) is 11.3 Å². The van der Waals surface area contributed by atoms with Crippen molar-refractivity contribution < 1.29 is 19.4 Å². The fourth-order valence-electron chi connectivity index (χ4n) is 5.17.